The first-order chi connectivity index (χ1) is 15.2. The second-order valence-corrected chi connectivity index (χ2v) is 7.80. The van der Waals surface area contributed by atoms with Gasteiger partial charge in [0.15, 0.2) is 11.9 Å². The van der Waals surface area contributed by atoms with E-state index in [-0.39, 0.29) is 13.2 Å². The summed E-state index contributed by atoms with van der Waals surface area (Å²) < 4.78 is 7.66. The van der Waals surface area contributed by atoms with Crippen molar-refractivity contribution in [3.05, 3.63) is 89.7 Å². The average Bonchev–Trinajstić information content (AvgIpc) is 2.83. The smallest absolute Gasteiger partial charge is 0.227 e. The maximum absolute atomic E-state index is 9.95. The fourth-order valence-electron chi connectivity index (χ4n) is 4.56. The van der Waals surface area contributed by atoms with Crippen molar-refractivity contribution in [2.75, 3.05) is 7.11 Å². The summed E-state index contributed by atoms with van der Waals surface area (Å²) in [7, 11) is 1.68. The van der Waals surface area contributed by atoms with Crippen LogP contribution >= 0.6 is 0 Å². The summed E-state index contributed by atoms with van der Waals surface area (Å²) in [6, 6.07) is 22.6. The summed E-state index contributed by atoms with van der Waals surface area (Å²) in [6.07, 6.45) is 2.09. The molecule has 4 nitrogen and oxygen atoms in total. The number of nitrogens with zero attached hydrogens (tertiary/aromatic N) is 1. The van der Waals surface area contributed by atoms with Crippen molar-refractivity contribution in [2.45, 2.75) is 20.1 Å². The van der Waals surface area contributed by atoms with E-state index in [2.05, 4.69) is 47.9 Å². The molecule has 0 spiro atoms. The molecule has 0 atom stereocenters. The fourth-order valence-corrected chi connectivity index (χ4v) is 4.56. The lowest BCUT2D eigenvalue weighted by Gasteiger charge is -2.14. The number of fused-ring (bicyclic) bond motifs is 4. The summed E-state index contributed by atoms with van der Waals surface area (Å²) >= 11 is 0. The molecule has 0 radical (unpaired) electrons. The highest BCUT2D eigenvalue weighted by atomic mass is 16.5. The Morgan fingerprint density at radius 1 is 0.806 bits per heavy atom. The summed E-state index contributed by atoms with van der Waals surface area (Å²) in [5.41, 5.74) is 5.91. The van der Waals surface area contributed by atoms with Gasteiger partial charge in [0.25, 0.3) is 0 Å². The number of benzene rings is 3. The molecule has 0 saturated heterocycles. The van der Waals surface area contributed by atoms with E-state index >= 15 is 0 Å². The fraction of sp³-hybridized carbons (Fsp3) is 0.148. The van der Waals surface area contributed by atoms with Crippen molar-refractivity contribution in [1.29, 1.82) is 0 Å². The Hall–Kier alpha value is -3.47. The van der Waals surface area contributed by atoms with Gasteiger partial charge in [0.05, 0.1) is 36.7 Å². The van der Waals surface area contributed by atoms with Gasteiger partial charge in [-0.1, -0.05) is 30.3 Å². The lowest BCUT2D eigenvalue weighted by molar-refractivity contribution is -0.516. The second-order valence-electron chi connectivity index (χ2n) is 7.80. The van der Waals surface area contributed by atoms with Crippen LogP contribution in [-0.4, -0.2) is 17.3 Å². The largest absolute Gasteiger partial charge is 0.497 e. The summed E-state index contributed by atoms with van der Waals surface area (Å²) in [6.45, 7) is 1.88. The Labute approximate surface area is 180 Å². The quantitative estimate of drug-likeness (QED) is 0.257. The molecule has 5 aromatic rings. The molecule has 0 saturated carbocycles. The molecule has 0 aliphatic heterocycles. The zero-order valence-corrected chi connectivity index (χ0v) is 17.6. The molecular weight excluding hydrogens is 386 g/mol. The number of aliphatic hydroxyl groups excluding tert-OH is 2. The maximum atomic E-state index is 9.95. The molecule has 2 N–H and O–H groups in total. The Bertz CT molecular complexity index is 1440. The molecule has 0 aliphatic rings. The standard InChI is InChI=1S/C27H24NO3/c1-17-24-13-20(15-29)21(16-30)14-25(24)26(18-6-4-3-5-7-18)27-23-9-8-22(31-2)12-19(23)10-11-28(17)27/h3-14,29-30H,15-16H2,1-2H3/q+1. The third kappa shape index (κ3) is 3.03. The van der Waals surface area contributed by atoms with E-state index in [1.54, 1.807) is 7.11 Å². The van der Waals surface area contributed by atoms with E-state index in [0.29, 0.717) is 0 Å². The minimum Gasteiger partial charge on any atom is -0.497 e. The average molecular weight is 410 g/mol. The Balaban J connectivity index is 2.05. The molecule has 5 rings (SSSR count). The zero-order valence-electron chi connectivity index (χ0n) is 17.6. The number of rotatable bonds is 4. The van der Waals surface area contributed by atoms with E-state index in [1.807, 2.05) is 36.4 Å². The van der Waals surface area contributed by atoms with Crippen molar-refractivity contribution >= 4 is 27.1 Å². The van der Waals surface area contributed by atoms with Gasteiger partial charge in [-0.2, -0.15) is 4.40 Å². The van der Waals surface area contributed by atoms with E-state index in [9.17, 15) is 10.2 Å². The number of methoxy groups -OCH3 is 1. The van der Waals surface area contributed by atoms with Gasteiger partial charge in [-0.15, -0.1) is 0 Å². The normalized spacial score (nSPS) is 11.5. The van der Waals surface area contributed by atoms with Crippen LogP contribution in [0.2, 0.25) is 0 Å². The third-order valence-electron chi connectivity index (χ3n) is 6.16. The van der Waals surface area contributed by atoms with Gasteiger partial charge in [0.1, 0.15) is 5.75 Å². The van der Waals surface area contributed by atoms with Gasteiger partial charge >= 0.3 is 0 Å². The molecule has 0 fully saturated rings. The van der Waals surface area contributed by atoms with E-state index in [1.165, 1.54) is 0 Å². The SMILES string of the molecule is COc1ccc2c(cc[n+]3c(C)c4cc(CO)c(CO)cc4c(-c4ccccc4)c23)c1. The predicted octanol–water partition coefficient (Wildman–Crippen LogP) is 4.70. The van der Waals surface area contributed by atoms with Crippen LogP contribution in [0.3, 0.4) is 0 Å². The molecule has 0 bridgehead atoms. The highest BCUT2D eigenvalue weighted by Gasteiger charge is 2.23. The van der Waals surface area contributed by atoms with Crippen LogP contribution in [0.15, 0.2) is 72.9 Å². The number of aromatic nitrogens is 1. The lowest BCUT2D eigenvalue weighted by atomic mass is 9.91. The van der Waals surface area contributed by atoms with E-state index < -0.39 is 0 Å². The van der Waals surface area contributed by atoms with Crippen LogP contribution in [0.1, 0.15) is 16.8 Å². The number of hydrogen-bond acceptors (Lipinski definition) is 3. The zero-order chi connectivity index (χ0) is 21.5. The van der Waals surface area contributed by atoms with Crippen LogP contribution in [0.4, 0.5) is 0 Å². The Kier molecular flexibility index (Phi) is 4.81. The van der Waals surface area contributed by atoms with E-state index in [0.717, 1.165) is 60.8 Å². The molecular formula is C27H24NO3+. The third-order valence-corrected chi connectivity index (χ3v) is 6.16. The van der Waals surface area contributed by atoms with Crippen molar-refractivity contribution in [3.63, 3.8) is 0 Å². The van der Waals surface area contributed by atoms with Crippen LogP contribution in [0.25, 0.3) is 38.2 Å². The van der Waals surface area contributed by atoms with Crippen molar-refractivity contribution < 1.29 is 19.4 Å². The number of aliphatic hydroxyl groups is 2. The first-order valence-electron chi connectivity index (χ1n) is 10.3. The predicted molar refractivity (Wildman–Crippen MR) is 123 cm³/mol. The minimum absolute atomic E-state index is 0.105. The van der Waals surface area contributed by atoms with Crippen LogP contribution in [0, 0.1) is 6.92 Å². The van der Waals surface area contributed by atoms with Crippen molar-refractivity contribution in [2.24, 2.45) is 0 Å². The van der Waals surface area contributed by atoms with Crippen LogP contribution in [0.5, 0.6) is 5.75 Å². The van der Waals surface area contributed by atoms with E-state index in [4.69, 9.17) is 4.74 Å². The Morgan fingerprint density at radius 2 is 1.52 bits per heavy atom. The van der Waals surface area contributed by atoms with Gasteiger partial charge in [-0.3, -0.25) is 0 Å². The molecule has 0 amide bonds. The first kappa shape index (κ1) is 19.5. The highest BCUT2D eigenvalue weighted by Crippen LogP contribution is 2.37. The summed E-state index contributed by atoms with van der Waals surface area (Å²) in [5, 5.41) is 24.2. The molecule has 0 aliphatic carbocycles. The first-order valence-corrected chi connectivity index (χ1v) is 10.3. The van der Waals surface area contributed by atoms with Gasteiger partial charge in [0, 0.05) is 18.4 Å². The second kappa shape index (κ2) is 7.65. The number of aryl methyl sites for hydroxylation is 1. The van der Waals surface area contributed by atoms with Crippen LogP contribution in [-0.2, 0) is 13.2 Å². The van der Waals surface area contributed by atoms with Crippen molar-refractivity contribution in [1.82, 2.24) is 0 Å². The lowest BCUT2D eigenvalue weighted by Crippen LogP contribution is -2.27. The number of pyridine rings is 2. The molecule has 3 aromatic carbocycles. The number of ether oxygens (including phenoxy) is 1. The summed E-state index contributed by atoms with van der Waals surface area (Å²) in [5.74, 6) is 0.825. The molecule has 154 valence electrons. The maximum Gasteiger partial charge on any atom is 0.227 e. The molecule has 4 heteroatoms. The molecule has 31 heavy (non-hydrogen) atoms. The molecule has 2 heterocycles. The monoisotopic (exact) mass is 410 g/mol. The molecule has 2 aromatic heterocycles. The van der Waals surface area contributed by atoms with Gasteiger partial charge in [-0.25, -0.2) is 0 Å². The molecule has 0 unspecified atom stereocenters. The Morgan fingerprint density at radius 3 is 2.19 bits per heavy atom. The van der Waals surface area contributed by atoms with Gasteiger partial charge in [-0.05, 0) is 52.4 Å². The highest BCUT2D eigenvalue weighted by molar-refractivity contribution is 6.11. The van der Waals surface area contributed by atoms with Gasteiger partial charge < -0.3 is 14.9 Å². The van der Waals surface area contributed by atoms with Crippen molar-refractivity contribution in [3.8, 4) is 16.9 Å². The number of hydrogen-bond donors (Lipinski definition) is 2. The van der Waals surface area contributed by atoms with Crippen LogP contribution < -0.4 is 9.14 Å². The minimum atomic E-state index is -0.114. The topological polar surface area (TPSA) is 53.8 Å². The summed E-state index contributed by atoms with van der Waals surface area (Å²) in [4.78, 5) is 0. The van der Waals surface area contributed by atoms with Gasteiger partial charge in [0.2, 0.25) is 5.52 Å².